The number of rotatable bonds is 2. The smallest absolute Gasteiger partial charge is 0.268 e. The highest BCUT2D eigenvalue weighted by molar-refractivity contribution is 6.34. The summed E-state index contributed by atoms with van der Waals surface area (Å²) >= 11 is 0. The maximum Gasteiger partial charge on any atom is 0.270 e. The van der Waals surface area contributed by atoms with E-state index in [2.05, 4.69) is 0 Å². The van der Waals surface area contributed by atoms with Gasteiger partial charge in [-0.25, -0.2) is 4.90 Å². The molecule has 0 saturated carbocycles. The number of carbonyl (C=O) groups is 2. The Morgan fingerprint density at radius 2 is 1.59 bits per heavy atom. The third-order valence-corrected chi connectivity index (χ3v) is 3.83. The zero-order chi connectivity index (χ0) is 16.0. The van der Waals surface area contributed by atoms with E-state index in [0.717, 1.165) is 22.1 Å². The van der Waals surface area contributed by atoms with Crippen LogP contribution in [0.1, 0.15) is 31.8 Å². The highest BCUT2D eigenvalue weighted by Crippen LogP contribution is 2.31. The molecule has 22 heavy (non-hydrogen) atoms. The van der Waals surface area contributed by atoms with Crippen molar-refractivity contribution in [1.29, 1.82) is 0 Å². The molecule has 110 valence electrons. The Bertz CT molecular complexity index is 842. The van der Waals surface area contributed by atoms with E-state index in [4.69, 9.17) is 0 Å². The summed E-state index contributed by atoms with van der Waals surface area (Å²) in [4.78, 5) is 36.2. The minimum atomic E-state index is -0.587. The first-order valence-electron chi connectivity index (χ1n) is 6.64. The van der Waals surface area contributed by atoms with Gasteiger partial charge in [0, 0.05) is 12.1 Å². The van der Waals surface area contributed by atoms with Crippen LogP contribution in [0.2, 0.25) is 0 Å². The van der Waals surface area contributed by atoms with Crippen molar-refractivity contribution in [2.24, 2.45) is 0 Å². The zero-order valence-electron chi connectivity index (χ0n) is 12.0. The van der Waals surface area contributed by atoms with E-state index in [1.807, 2.05) is 19.9 Å². The summed E-state index contributed by atoms with van der Waals surface area (Å²) in [6.45, 7) is 3.83. The van der Waals surface area contributed by atoms with Crippen molar-refractivity contribution in [3.8, 4) is 0 Å². The number of hydrogen-bond donors (Lipinski definition) is 0. The van der Waals surface area contributed by atoms with Crippen molar-refractivity contribution in [2.45, 2.75) is 13.8 Å². The summed E-state index contributed by atoms with van der Waals surface area (Å²) in [6.07, 6.45) is 0. The quantitative estimate of drug-likeness (QED) is 0.484. The van der Waals surface area contributed by atoms with E-state index in [-0.39, 0.29) is 16.8 Å². The van der Waals surface area contributed by atoms with E-state index in [0.29, 0.717) is 5.69 Å². The zero-order valence-corrected chi connectivity index (χ0v) is 12.0. The maximum atomic E-state index is 12.5. The Balaban J connectivity index is 2.09. The molecule has 6 nitrogen and oxygen atoms in total. The molecule has 1 aliphatic heterocycles. The Hall–Kier alpha value is -3.02. The predicted molar refractivity (Wildman–Crippen MR) is 80.2 cm³/mol. The van der Waals surface area contributed by atoms with Gasteiger partial charge in [-0.2, -0.15) is 0 Å². The van der Waals surface area contributed by atoms with Gasteiger partial charge in [0.05, 0.1) is 21.7 Å². The highest BCUT2D eigenvalue weighted by atomic mass is 16.6. The molecular weight excluding hydrogens is 284 g/mol. The second-order valence-corrected chi connectivity index (χ2v) is 5.20. The van der Waals surface area contributed by atoms with E-state index >= 15 is 0 Å². The number of nitro groups is 1. The molecule has 3 rings (SSSR count). The van der Waals surface area contributed by atoms with Crippen LogP contribution in [0.5, 0.6) is 0 Å². The van der Waals surface area contributed by atoms with Crippen LogP contribution in [0.15, 0.2) is 36.4 Å². The van der Waals surface area contributed by atoms with Gasteiger partial charge in [0.2, 0.25) is 0 Å². The van der Waals surface area contributed by atoms with Gasteiger partial charge >= 0.3 is 0 Å². The minimum Gasteiger partial charge on any atom is -0.268 e. The average Bonchev–Trinajstić information content (AvgIpc) is 2.73. The van der Waals surface area contributed by atoms with Crippen molar-refractivity contribution in [1.82, 2.24) is 0 Å². The summed E-state index contributed by atoms with van der Waals surface area (Å²) in [5.41, 5.74) is 2.53. The summed E-state index contributed by atoms with van der Waals surface area (Å²) in [6, 6.07) is 8.99. The van der Waals surface area contributed by atoms with Crippen LogP contribution >= 0.6 is 0 Å². The van der Waals surface area contributed by atoms with Gasteiger partial charge in [-0.3, -0.25) is 19.7 Å². The Kier molecular flexibility index (Phi) is 3.02. The van der Waals surface area contributed by atoms with Crippen LogP contribution in [0.3, 0.4) is 0 Å². The lowest BCUT2D eigenvalue weighted by Crippen LogP contribution is -2.29. The fraction of sp³-hybridized carbons (Fsp3) is 0.125. The van der Waals surface area contributed by atoms with Crippen LogP contribution in [-0.2, 0) is 0 Å². The third-order valence-electron chi connectivity index (χ3n) is 3.83. The highest BCUT2D eigenvalue weighted by Gasteiger charge is 2.37. The molecule has 0 atom stereocenters. The number of nitrogens with zero attached hydrogens (tertiary/aromatic N) is 2. The van der Waals surface area contributed by atoms with Crippen LogP contribution < -0.4 is 4.90 Å². The molecule has 0 bridgehead atoms. The molecule has 0 saturated heterocycles. The van der Waals surface area contributed by atoms with Crippen molar-refractivity contribution < 1.29 is 14.5 Å². The fourth-order valence-electron chi connectivity index (χ4n) is 2.44. The summed E-state index contributed by atoms with van der Waals surface area (Å²) in [7, 11) is 0. The molecular formula is C16H12N2O4. The topological polar surface area (TPSA) is 80.5 Å². The number of fused-ring (bicyclic) bond motifs is 1. The number of imide groups is 1. The molecule has 0 aromatic heterocycles. The molecule has 0 N–H and O–H groups in total. The summed E-state index contributed by atoms with van der Waals surface area (Å²) in [5.74, 6) is -0.995. The van der Waals surface area contributed by atoms with E-state index in [1.54, 1.807) is 12.1 Å². The molecule has 0 spiro atoms. The average molecular weight is 296 g/mol. The number of non-ortho nitro benzene ring substituents is 1. The first kappa shape index (κ1) is 13.9. The molecule has 2 aromatic carbocycles. The van der Waals surface area contributed by atoms with E-state index in [1.165, 1.54) is 12.1 Å². The monoisotopic (exact) mass is 296 g/mol. The lowest BCUT2D eigenvalue weighted by atomic mass is 10.1. The Morgan fingerprint density at radius 1 is 0.909 bits per heavy atom. The fourth-order valence-corrected chi connectivity index (χ4v) is 2.44. The van der Waals surface area contributed by atoms with Crippen LogP contribution in [0.25, 0.3) is 0 Å². The second kappa shape index (κ2) is 4.77. The van der Waals surface area contributed by atoms with Gasteiger partial charge in [0.25, 0.3) is 17.5 Å². The molecule has 1 heterocycles. The predicted octanol–water partition coefficient (Wildman–Crippen LogP) is 3.01. The van der Waals surface area contributed by atoms with Gasteiger partial charge in [-0.1, -0.05) is 6.07 Å². The molecule has 2 amide bonds. The van der Waals surface area contributed by atoms with Gasteiger partial charge in [-0.15, -0.1) is 0 Å². The Morgan fingerprint density at radius 3 is 2.23 bits per heavy atom. The summed E-state index contributed by atoms with van der Waals surface area (Å²) < 4.78 is 0. The van der Waals surface area contributed by atoms with Crippen molar-refractivity contribution >= 4 is 23.2 Å². The molecule has 0 radical (unpaired) electrons. The van der Waals surface area contributed by atoms with E-state index < -0.39 is 16.7 Å². The number of nitro benzene ring substituents is 1. The van der Waals surface area contributed by atoms with Crippen molar-refractivity contribution in [3.63, 3.8) is 0 Å². The van der Waals surface area contributed by atoms with Crippen molar-refractivity contribution in [3.05, 3.63) is 68.8 Å². The molecule has 6 heteroatoms. The number of carbonyl (C=O) groups excluding carboxylic acids is 2. The lowest BCUT2D eigenvalue weighted by Gasteiger charge is -2.15. The van der Waals surface area contributed by atoms with Crippen LogP contribution in [0, 0.1) is 24.0 Å². The molecule has 0 aliphatic carbocycles. The lowest BCUT2D eigenvalue weighted by molar-refractivity contribution is -0.384. The molecule has 2 aromatic rings. The van der Waals surface area contributed by atoms with Crippen LogP contribution in [-0.4, -0.2) is 16.7 Å². The number of benzene rings is 2. The first-order chi connectivity index (χ1) is 10.4. The van der Waals surface area contributed by atoms with Crippen molar-refractivity contribution in [2.75, 3.05) is 4.90 Å². The Labute approximate surface area is 126 Å². The first-order valence-corrected chi connectivity index (χ1v) is 6.64. The third kappa shape index (κ3) is 1.96. The summed E-state index contributed by atoms with van der Waals surface area (Å²) in [5, 5.41) is 10.8. The van der Waals surface area contributed by atoms with E-state index in [9.17, 15) is 19.7 Å². The van der Waals surface area contributed by atoms with Gasteiger partial charge in [0.15, 0.2) is 0 Å². The van der Waals surface area contributed by atoms with Gasteiger partial charge < -0.3 is 0 Å². The normalized spacial score (nSPS) is 13.5. The second-order valence-electron chi connectivity index (χ2n) is 5.20. The van der Waals surface area contributed by atoms with Gasteiger partial charge in [-0.05, 0) is 43.2 Å². The van der Waals surface area contributed by atoms with Gasteiger partial charge in [0.1, 0.15) is 0 Å². The maximum absolute atomic E-state index is 12.5. The molecule has 0 fully saturated rings. The SMILES string of the molecule is Cc1ccc(N2C(=O)c3ccc([N+](=O)[O-])cc3C2=O)cc1C. The number of amides is 2. The number of hydrogen-bond acceptors (Lipinski definition) is 4. The largest absolute Gasteiger partial charge is 0.270 e. The molecule has 0 unspecified atom stereocenters. The molecule has 1 aliphatic rings. The number of aryl methyl sites for hydroxylation is 2. The minimum absolute atomic E-state index is 0.0671. The van der Waals surface area contributed by atoms with Crippen LogP contribution in [0.4, 0.5) is 11.4 Å². The standard InChI is InChI=1S/C16H12N2O4/c1-9-3-4-11(7-10(9)2)17-15(19)13-6-5-12(18(21)22)8-14(13)16(17)20/h3-8H,1-2H3. The number of anilines is 1.